The van der Waals surface area contributed by atoms with Crippen molar-refractivity contribution >= 4 is 16.9 Å². The zero-order chi connectivity index (χ0) is 19.1. The van der Waals surface area contributed by atoms with E-state index in [4.69, 9.17) is 18.6 Å². The van der Waals surface area contributed by atoms with E-state index >= 15 is 0 Å². The third-order valence-corrected chi connectivity index (χ3v) is 4.06. The van der Waals surface area contributed by atoms with Crippen molar-refractivity contribution in [3.05, 3.63) is 78.3 Å². The molecule has 0 aliphatic rings. The predicted octanol–water partition coefficient (Wildman–Crippen LogP) is 5.17. The highest BCUT2D eigenvalue weighted by Crippen LogP contribution is 2.34. The Morgan fingerprint density at radius 1 is 1.15 bits per heavy atom. The molecule has 0 aliphatic heterocycles. The summed E-state index contributed by atoms with van der Waals surface area (Å²) >= 11 is 0. The second-order valence-corrected chi connectivity index (χ2v) is 5.92. The van der Waals surface area contributed by atoms with Crippen LogP contribution in [-0.4, -0.2) is 12.6 Å². The number of hydrogen-bond donors (Lipinski definition) is 0. The van der Waals surface area contributed by atoms with E-state index < -0.39 is 5.97 Å². The predicted molar refractivity (Wildman–Crippen MR) is 102 cm³/mol. The molecule has 0 N–H and O–H groups in total. The number of furan rings is 1. The van der Waals surface area contributed by atoms with Crippen molar-refractivity contribution < 1.29 is 23.4 Å². The molecule has 5 nitrogen and oxygen atoms in total. The fourth-order valence-corrected chi connectivity index (χ4v) is 2.72. The number of carbonyl (C=O) groups is 1. The first kappa shape index (κ1) is 18.6. The largest absolute Gasteiger partial charge is 0.493 e. The number of benzene rings is 2. The van der Waals surface area contributed by atoms with Gasteiger partial charge >= 0.3 is 5.97 Å². The summed E-state index contributed by atoms with van der Waals surface area (Å²) in [6.07, 6.45) is 3.94. The summed E-state index contributed by atoms with van der Waals surface area (Å²) in [5.74, 6) is 0.318. The summed E-state index contributed by atoms with van der Waals surface area (Å²) < 4.78 is 22.1. The van der Waals surface area contributed by atoms with Gasteiger partial charge in [0.2, 0.25) is 0 Å². The molecule has 0 aliphatic carbocycles. The van der Waals surface area contributed by atoms with E-state index in [9.17, 15) is 4.79 Å². The second kappa shape index (κ2) is 8.94. The number of rotatable bonds is 8. The number of carbonyl (C=O) groups excluding carboxylic acids is 1. The third kappa shape index (κ3) is 4.70. The van der Waals surface area contributed by atoms with E-state index in [2.05, 4.69) is 0 Å². The average molecular weight is 366 g/mol. The van der Waals surface area contributed by atoms with Gasteiger partial charge in [-0.1, -0.05) is 30.3 Å². The first-order chi connectivity index (χ1) is 13.2. The maximum atomic E-state index is 11.3. The van der Waals surface area contributed by atoms with Gasteiger partial charge in [-0.2, -0.15) is 0 Å². The average Bonchev–Trinajstić information content (AvgIpc) is 3.17. The highest BCUT2D eigenvalue weighted by atomic mass is 16.5. The minimum Gasteiger partial charge on any atom is -0.493 e. The zero-order valence-electron chi connectivity index (χ0n) is 15.4. The van der Waals surface area contributed by atoms with Crippen LogP contribution in [0.1, 0.15) is 31.1 Å². The summed E-state index contributed by atoms with van der Waals surface area (Å²) in [6.45, 7) is 4.45. The quantitative estimate of drug-likeness (QED) is 0.313. The summed E-state index contributed by atoms with van der Waals surface area (Å²) in [5, 5.41) is 0.883. The number of ether oxygens (including phenoxy) is 3. The molecule has 0 radical (unpaired) electrons. The molecule has 0 saturated carbocycles. The van der Waals surface area contributed by atoms with Crippen LogP contribution in [0.15, 0.2) is 71.5 Å². The van der Waals surface area contributed by atoms with Crippen LogP contribution in [0.5, 0.6) is 5.75 Å². The van der Waals surface area contributed by atoms with Crippen LogP contribution in [0.3, 0.4) is 0 Å². The van der Waals surface area contributed by atoms with Gasteiger partial charge in [-0.05, 0) is 37.6 Å². The molecular formula is C22H22O5. The molecule has 2 aromatic carbocycles. The number of hydrogen-bond acceptors (Lipinski definition) is 5. The van der Waals surface area contributed by atoms with Gasteiger partial charge in [0.1, 0.15) is 24.0 Å². The van der Waals surface area contributed by atoms with Crippen LogP contribution < -0.4 is 4.74 Å². The molecule has 1 heterocycles. The van der Waals surface area contributed by atoms with Gasteiger partial charge in [-0.15, -0.1) is 0 Å². The van der Waals surface area contributed by atoms with Gasteiger partial charge in [0.25, 0.3) is 0 Å². The molecule has 140 valence electrons. The van der Waals surface area contributed by atoms with Gasteiger partial charge in [0.15, 0.2) is 0 Å². The van der Waals surface area contributed by atoms with Crippen LogP contribution in [0.2, 0.25) is 0 Å². The summed E-state index contributed by atoms with van der Waals surface area (Å²) in [4.78, 5) is 11.3. The van der Waals surface area contributed by atoms with E-state index in [1.165, 1.54) is 12.3 Å². The molecule has 0 bridgehead atoms. The summed E-state index contributed by atoms with van der Waals surface area (Å²) in [7, 11) is 0. The fourth-order valence-electron chi connectivity index (χ4n) is 2.72. The maximum absolute atomic E-state index is 11.3. The lowest BCUT2D eigenvalue weighted by Crippen LogP contribution is -2.01. The fraction of sp³-hybridized carbons (Fsp3) is 0.227. The molecule has 0 saturated heterocycles. The molecule has 5 heteroatoms. The molecule has 3 rings (SSSR count). The van der Waals surface area contributed by atoms with Crippen molar-refractivity contribution in [2.45, 2.75) is 26.6 Å². The Balaban J connectivity index is 1.72. The Kier molecular flexibility index (Phi) is 6.15. The number of esters is 1. The second-order valence-electron chi connectivity index (χ2n) is 5.92. The van der Waals surface area contributed by atoms with Gasteiger partial charge in [0.05, 0.1) is 30.6 Å². The van der Waals surface area contributed by atoms with Crippen molar-refractivity contribution in [2.75, 3.05) is 6.61 Å². The molecule has 1 aromatic heterocycles. The lowest BCUT2D eigenvalue weighted by atomic mass is 10.1. The molecule has 0 fully saturated rings. The first-order valence-corrected chi connectivity index (χ1v) is 8.84. The Bertz CT molecular complexity index is 911. The maximum Gasteiger partial charge on any atom is 0.333 e. The van der Waals surface area contributed by atoms with Crippen LogP contribution in [-0.2, 0) is 20.9 Å². The van der Waals surface area contributed by atoms with Gasteiger partial charge in [-0.25, -0.2) is 4.79 Å². The smallest absolute Gasteiger partial charge is 0.333 e. The van der Waals surface area contributed by atoms with Gasteiger partial charge in [0, 0.05) is 5.56 Å². The lowest BCUT2D eigenvalue weighted by molar-refractivity contribution is -0.137. The van der Waals surface area contributed by atoms with Crippen molar-refractivity contribution in [2.24, 2.45) is 0 Å². The van der Waals surface area contributed by atoms with Crippen molar-refractivity contribution in [3.63, 3.8) is 0 Å². The van der Waals surface area contributed by atoms with Crippen LogP contribution in [0.4, 0.5) is 0 Å². The molecule has 27 heavy (non-hydrogen) atoms. The summed E-state index contributed by atoms with van der Waals surface area (Å²) in [5.41, 5.74) is 2.67. The first-order valence-electron chi connectivity index (χ1n) is 8.84. The Morgan fingerprint density at radius 3 is 2.74 bits per heavy atom. The summed E-state index contributed by atoms with van der Waals surface area (Å²) in [6, 6.07) is 15.7. The van der Waals surface area contributed by atoms with Crippen LogP contribution in [0.25, 0.3) is 11.0 Å². The van der Waals surface area contributed by atoms with E-state index in [0.717, 1.165) is 22.3 Å². The van der Waals surface area contributed by atoms with Crippen LogP contribution >= 0.6 is 0 Å². The molecule has 0 spiro atoms. The Labute approximate surface area is 158 Å². The normalized spacial score (nSPS) is 12.2. The van der Waals surface area contributed by atoms with Crippen molar-refractivity contribution in [1.82, 2.24) is 0 Å². The van der Waals surface area contributed by atoms with Crippen molar-refractivity contribution in [3.8, 4) is 5.75 Å². The molecular weight excluding hydrogens is 344 g/mol. The molecule has 3 aromatic rings. The van der Waals surface area contributed by atoms with E-state index in [1.807, 2.05) is 55.5 Å². The topological polar surface area (TPSA) is 57.9 Å². The van der Waals surface area contributed by atoms with E-state index in [1.54, 1.807) is 13.2 Å². The highest BCUT2D eigenvalue weighted by Gasteiger charge is 2.15. The minimum atomic E-state index is -0.433. The van der Waals surface area contributed by atoms with Crippen molar-refractivity contribution in [1.29, 1.82) is 0 Å². The van der Waals surface area contributed by atoms with E-state index in [0.29, 0.717) is 18.8 Å². The number of fused-ring (bicyclic) bond motifs is 1. The van der Waals surface area contributed by atoms with Gasteiger partial charge < -0.3 is 18.6 Å². The zero-order valence-corrected chi connectivity index (χ0v) is 15.4. The third-order valence-electron chi connectivity index (χ3n) is 4.06. The lowest BCUT2D eigenvalue weighted by Gasteiger charge is -2.14. The monoisotopic (exact) mass is 366 g/mol. The standard InChI is InChI=1S/C22H22O5/c1-3-24-21(23)12-14-25-16(2)18-9-10-20(19-11-13-26-22(18)19)27-15-17-7-5-4-6-8-17/h4-14,16H,3,15H2,1-2H3/b14-12+. The Hall–Kier alpha value is -3.21. The molecule has 1 atom stereocenters. The highest BCUT2D eigenvalue weighted by molar-refractivity contribution is 5.87. The SMILES string of the molecule is CCOC(=O)/C=C/OC(C)c1ccc(OCc2ccccc2)c2ccoc12. The Morgan fingerprint density at radius 2 is 1.96 bits per heavy atom. The molecule has 1 unspecified atom stereocenters. The van der Waals surface area contributed by atoms with Crippen LogP contribution in [0, 0.1) is 0 Å². The molecule has 0 amide bonds. The van der Waals surface area contributed by atoms with Gasteiger partial charge in [-0.3, -0.25) is 0 Å². The van der Waals surface area contributed by atoms with E-state index in [-0.39, 0.29) is 6.10 Å². The minimum absolute atomic E-state index is 0.299.